The molecular formula is C14H22N2. The van der Waals surface area contributed by atoms with Crippen LogP contribution in [0.15, 0.2) is 18.2 Å². The molecule has 0 fully saturated rings. The Kier molecular flexibility index (Phi) is 3.49. The van der Waals surface area contributed by atoms with Gasteiger partial charge < -0.3 is 10.6 Å². The third-order valence-electron chi connectivity index (χ3n) is 3.52. The van der Waals surface area contributed by atoms with Crippen LogP contribution in [-0.2, 0) is 6.42 Å². The van der Waals surface area contributed by atoms with Crippen LogP contribution >= 0.6 is 0 Å². The average molecular weight is 218 g/mol. The first-order valence-electron chi connectivity index (χ1n) is 6.34. The van der Waals surface area contributed by atoms with E-state index in [1.165, 1.54) is 23.4 Å². The molecule has 0 amide bonds. The summed E-state index contributed by atoms with van der Waals surface area (Å²) < 4.78 is 0. The molecule has 0 aliphatic carbocycles. The van der Waals surface area contributed by atoms with Gasteiger partial charge in [0.15, 0.2) is 0 Å². The van der Waals surface area contributed by atoms with Crippen LogP contribution < -0.4 is 10.6 Å². The molecule has 2 nitrogen and oxygen atoms in total. The molecule has 2 heteroatoms. The highest BCUT2D eigenvalue weighted by Crippen LogP contribution is 2.38. The fourth-order valence-corrected chi connectivity index (χ4v) is 2.70. The van der Waals surface area contributed by atoms with Gasteiger partial charge in [-0.2, -0.15) is 0 Å². The van der Waals surface area contributed by atoms with Gasteiger partial charge in [0.25, 0.3) is 0 Å². The number of nitrogens with zero attached hydrogens (tertiary/aromatic N) is 1. The van der Waals surface area contributed by atoms with Crippen LogP contribution in [0.4, 0.5) is 5.69 Å². The van der Waals surface area contributed by atoms with Crippen LogP contribution in [-0.4, -0.2) is 19.6 Å². The lowest BCUT2D eigenvalue weighted by atomic mass is 9.98. The summed E-state index contributed by atoms with van der Waals surface area (Å²) in [6, 6.07) is 6.73. The minimum atomic E-state index is 0.674. The van der Waals surface area contributed by atoms with Crippen molar-refractivity contribution < 1.29 is 0 Å². The van der Waals surface area contributed by atoms with Crippen LogP contribution in [0.3, 0.4) is 0 Å². The molecule has 1 aliphatic rings. The molecule has 1 aromatic carbocycles. The van der Waals surface area contributed by atoms with Crippen LogP contribution in [0, 0.1) is 0 Å². The number of para-hydroxylation sites is 1. The summed E-state index contributed by atoms with van der Waals surface area (Å²) in [7, 11) is 0. The molecule has 0 saturated carbocycles. The van der Waals surface area contributed by atoms with Crippen molar-refractivity contribution in [2.24, 2.45) is 5.73 Å². The largest absolute Gasteiger partial charge is 0.371 e. The molecule has 1 aliphatic heterocycles. The molecule has 0 saturated heterocycles. The Morgan fingerprint density at radius 3 is 2.94 bits per heavy atom. The molecule has 16 heavy (non-hydrogen) atoms. The van der Waals surface area contributed by atoms with Crippen molar-refractivity contribution in [3.05, 3.63) is 29.3 Å². The first-order chi connectivity index (χ1) is 7.77. The van der Waals surface area contributed by atoms with Gasteiger partial charge in [0, 0.05) is 24.7 Å². The zero-order valence-electron chi connectivity index (χ0n) is 10.4. The Hall–Kier alpha value is -1.02. The topological polar surface area (TPSA) is 29.3 Å². The van der Waals surface area contributed by atoms with E-state index < -0.39 is 0 Å². The molecule has 0 aromatic heterocycles. The van der Waals surface area contributed by atoms with Gasteiger partial charge in [-0.05, 0) is 37.4 Å². The van der Waals surface area contributed by atoms with Gasteiger partial charge in [-0.1, -0.05) is 25.1 Å². The summed E-state index contributed by atoms with van der Waals surface area (Å²) in [6.45, 7) is 7.62. The number of aryl methyl sites for hydroxylation is 1. The van der Waals surface area contributed by atoms with Crippen molar-refractivity contribution in [2.45, 2.75) is 32.6 Å². The highest BCUT2D eigenvalue weighted by Gasteiger charge is 2.26. The van der Waals surface area contributed by atoms with Gasteiger partial charge in [-0.3, -0.25) is 0 Å². The number of hydrogen-bond donors (Lipinski definition) is 1. The quantitative estimate of drug-likeness (QED) is 0.841. The van der Waals surface area contributed by atoms with Crippen LogP contribution in [0.2, 0.25) is 0 Å². The van der Waals surface area contributed by atoms with E-state index in [0.717, 1.165) is 25.9 Å². The van der Waals surface area contributed by atoms with Gasteiger partial charge in [0.05, 0.1) is 0 Å². The lowest BCUT2D eigenvalue weighted by Gasteiger charge is -2.20. The summed E-state index contributed by atoms with van der Waals surface area (Å²) in [5.74, 6) is 0.674. The molecular weight excluding hydrogens is 196 g/mol. The van der Waals surface area contributed by atoms with Crippen molar-refractivity contribution in [2.75, 3.05) is 24.5 Å². The van der Waals surface area contributed by atoms with E-state index in [1.807, 2.05) is 0 Å². The van der Waals surface area contributed by atoms with Gasteiger partial charge in [-0.25, -0.2) is 0 Å². The fraction of sp³-hybridized carbons (Fsp3) is 0.571. The maximum Gasteiger partial charge on any atom is 0.0434 e. The van der Waals surface area contributed by atoms with Crippen LogP contribution in [0.1, 0.15) is 37.3 Å². The molecule has 1 unspecified atom stereocenters. The van der Waals surface area contributed by atoms with Crippen molar-refractivity contribution in [1.82, 2.24) is 0 Å². The second-order valence-electron chi connectivity index (χ2n) is 4.69. The maximum absolute atomic E-state index is 5.60. The van der Waals surface area contributed by atoms with E-state index in [4.69, 9.17) is 5.73 Å². The smallest absolute Gasteiger partial charge is 0.0434 e. The normalized spacial score (nSPS) is 18.9. The third-order valence-corrected chi connectivity index (χ3v) is 3.52. The zero-order chi connectivity index (χ0) is 11.5. The summed E-state index contributed by atoms with van der Waals surface area (Å²) in [4.78, 5) is 2.51. The zero-order valence-corrected chi connectivity index (χ0v) is 10.4. The lowest BCUT2D eigenvalue weighted by molar-refractivity contribution is 0.760. The number of rotatable bonds is 4. The number of anilines is 1. The summed E-state index contributed by atoms with van der Waals surface area (Å²) in [6.07, 6.45) is 2.20. The van der Waals surface area contributed by atoms with E-state index in [0.29, 0.717) is 5.92 Å². The average Bonchev–Trinajstić information content (AvgIpc) is 2.64. The molecule has 88 valence electrons. The third kappa shape index (κ3) is 1.94. The first-order valence-corrected chi connectivity index (χ1v) is 6.34. The monoisotopic (exact) mass is 218 g/mol. The van der Waals surface area contributed by atoms with E-state index >= 15 is 0 Å². The summed E-state index contributed by atoms with van der Waals surface area (Å²) >= 11 is 0. The molecule has 2 N–H and O–H groups in total. The van der Waals surface area contributed by atoms with E-state index in [-0.39, 0.29) is 0 Å². The van der Waals surface area contributed by atoms with Crippen molar-refractivity contribution in [3.8, 4) is 0 Å². The SMILES string of the molecule is CCN1CC(C)c2cccc(CCCN)c21. The number of fused-ring (bicyclic) bond motifs is 1. The van der Waals surface area contributed by atoms with Gasteiger partial charge >= 0.3 is 0 Å². The second-order valence-corrected chi connectivity index (χ2v) is 4.69. The first kappa shape index (κ1) is 11.5. The van der Waals surface area contributed by atoms with Crippen molar-refractivity contribution in [3.63, 3.8) is 0 Å². The lowest BCUT2D eigenvalue weighted by Crippen LogP contribution is -2.21. The molecule has 1 heterocycles. The predicted octanol–water partition coefficient (Wildman–Crippen LogP) is 2.52. The Morgan fingerprint density at radius 2 is 2.25 bits per heavy atom. The molecule has 2 rings (SSSR count). The minimum absolute atomic E-state index is 0.674. The summed E-state index contributed by atoms with van der Waals surface area (Å²) in [5.41, 5.74) is 10.1. The highest BCUT2D eigenvalue weighted by atomic mass is 15.1. The molecule has 0 bridgehead atoms. The predicted molar refractivity (Wildman–Crippen MR) is 70.1 cm³/mol. The van der Waals surface area contributed by atoms with E-state index in [9.17, 15) is 0 Å². The molecule has 0 spiro atoms. The molecule has 1 atom stereocenters. The number of hydrogen-bond acceptors (Lipinski definition) is 2. The number of benzene rings is 1. The second kappa shape index (κ2) is 4.88. The van der Waals surface area contributed by atoms with E-state index in [2.05, 4.69) is 36.9 Å². The van der Waals surface area contributed by atoms with Gasteiger partial charge in [0.1, 0.15) is 0 Å². The molecule has 1 aromatic rings. The van der Waals surface area contributed by atoms with E-state index in [1.54, 1.807) is 0 Å². The van der Waals surface area contributed by atoms with Crippen LogP contribution in [0.5, 0.6) is 0 Å². The minimum Gasteiger partial charge on any atom is -0.371 e. The Balaban J connectivity index is 2.33. The Bertz CT molecular complexity index is 360. The van der Waals surface area contributed by atoms with Gasteiger partial charge in [-0.15, -0.1) is 0 Å². The van der Waals surface area contributed by atoms with Crippen molar-refractivity contribution >= 4 is 5.69 Å². The summed E-state index contributed by atoms with van der Waals surface area (Å²) in [5, 5.41) is 0. The number of likely N-dealkylation sites (N-methyl/N-ethyl adjacent to an activating group) is 1. The van der Waals surface area contributed by atoms with Gasteiger partial charge in [0.2, 0.25) is 0 Å². The molecule has 0 radical (unpaired) electrons. The maximum atomic E-state index is 5.60. The Morgan fingerprint density at radius 1 is 1.44 bits per heavy atom. The van der Waals surface area contributed by atoms with Crippen LogP contribution in [0.25, 0.3) is 0 Å². The number of nitrogens with two attached hydrogens (primary N) is 1. The standard InChI is InChI=1S/C14H22N2/c1-3-16-10-11(2)13-8-4-6-12(14(13)16)7-5-9-15/h4,6,8,11H,3,5,7,9-10,15H2,1-2H3. The Labute approximate surface area is 98.4 Å². The fourth-order valence-electron chi connectivity index (χ4n) is 2.70. The van der Waals surface area contributed by atoms with Crippen molar-refractivity contribution in [1.29, 1.82) is 0 Å². The highest BCUT2D eigenvalue weighted by molar-refractivity contribution is 5.65.